The minimum absolute atomic E-state index is 0.0957. The number of hydrogen-bond donors (Lipinski definition) is 1. The normalized spacial score (nSPS) is 43.6. The third-order valence-electron chi connectivity index (χ3n) is 10.3. The van der Waals surface area contributed by atoms with E-state index in [1.165, 1.54) is 25.0 Å². The lowest BCUT2D eigenvalue weighted by Crippen LogP contribution is -2.54. The summed E-state index contributed by atoms with van der Waals surface area (Å²) in [5.41, 5.74) is 4.57. The first-order valence-electron chi connectivity index (χ1n) is 12.7. The van der Waals surface area contributed by atoms with Gasteiger partial charge in [-0.25, -0.2) is 0 Å². The second kappa shape index (κ2) is 7.30. The van der Waals surface area contributed by atoms with Gasteiger partial charge in [0.25, 0.3) is 0 Å². The van der Waals surface area contributed by atoms with Crippen LogP contribution in [0.4, 0.5) is 0 Å². The number of nitrogens with zero attached hydrogens (tertiary/aromatic N) is 2. The zero-order valence-electron chi connectivity index (χ0n) is 20.1. The van der Waals surface area contributed by atoms with Gasteiger partial charge < -0.3 is 5.11 Å². The Bertz CT molecular complexity index is 930. The smallest absolute Gasteiger partial charge is 0.165 e. The molecule has 7 atom stereocenters. The van der Waals surface area contributed by atoms with Crippen molar-refractivity contribution >= 4 is 11.9 Å². The highest BCUT2D eigenvalue weighted by atomic mass is 16.3. The van der Waals surface area contributed by atoms with Crippen molar-refractivity contribution in [1.82, 2.24) is 9.78 Å². The Balaban J connectivity index is 1.46. The number of aryl methyl sites for hydroxylation is 2. The van der Waals surface area contributed by atoms with Gasteiger partial charge in [0.15, 0.2) is 5.78 Å². The predicted octanol–water partition coefficient (Wildman–Crippen LogP) is 5.49. The first kappa shape index (κ1) is 21.4. The molecule has 1 N–H and O–H groups in total. The molecular formula is C27H40N2O2. The minimum Gasteiger partial charge on any atom is -0.393 e. The molecule has 5 rings (SSSR count). The highest BCUT2D eigenvalue weighted by Gasteiger charge is 2.61. The van der Waals surface area contributed by atoms with Crippen molar-refractivity contribution in [2.75, 3.05) is 0 Å². The maximum atomic E-state index is 13.7. The average molecular weight is 425 g/mol. The first-order valence-corrected chi connectivity index (χ1v) is 12.7. The van der Waals surface area contributed by atoms with E-state index in [1.807, 2.05) is 4.68 Å². The summed E-state index contributed by atoms with van der Waals surface area (Å²) in [4.78, 5) is 13.7. The van der Waals surface area contributed by atoms with Crippen molar-refractivity contribution in [3.05, 3.63) is 22.5 Å². The number of allylic oxidation sites excluding steroid dienone is 1. The van der Waals surface area contributed by atoms with E-state index >= 15 is 0 Å². The number of ketones is 1. The van der Waals surface area contributed by atoms with Crippen LogP contribution in [0.25, 0.3) is 6.08 Å². The summed E-state index contributed by atoms with van der Waals surface area (Å²) in [5.74, 6) is 2.93. The van der Waals surface area contributed by atoms with Crippen LogP contribution in [-0.4, -0.2) is 26.8 Å². The first-order chi connectivity index (χ1) is 14.7. The van der Waals surface area contributed by atoms with Crippen LogP contribution >= 0.6 is 0 Å². The number of carbonyl (C=O) groups excluding carboxylic acids is 1. The number of Topliss-reactive ketones (excluding diaryl/α,β-unsaturated/α-hetero) is 1. The molecule has 4 heteroatoms. The number of aliphatic hydroxyl groups excluding tert-OH is 1. The topological polar surface area (TPSA) is 55.1 Å². The second-order valence-corrected chi connectivity index (χ2v) is 11.6. The lowest BCUT2D eigenvalue weighted by atomic mass is 9.45. The molecule has 0 aliphatic heterocycles. The number of aliphatic hydroxyl groups is 1. The van der Waals surface area contributed by atoms with Gasteiger partial charge in [-0.05, 0) is 113 Å². The quantitative estimate of drug-likeness (QED) is 0.639. The van der Waals surface area contributed by atoms with Crippen molar-refractivity contribution in [3.63, 3.8) is 0 Å². The highest BCUT2D eigenvalue weighted by Crippen LogP contribution is 2.66. The van der Waals surface area contributed by atoms with Gasteiger partial charge in [0.2, 0.25) is 0 Å². The molecule has 0 unspecified atom stereocenters. The lowest BCUT2D eigenvalue weighted by molar-refractivity contribution is -0.141. The van der Waals surface area contributed by atoms with Crippen LogP contribution in [0.1, 0.15) is 89.1 Å². The van der Waals surface area contributed by atoms with Crippen molar-refractivity contribution in [2.45, 2.75) is 98.6 Å². The zero-order valence-corrected chi connectivity index (χ0v) is 20.1. The fourth-order valence-electron chi connectivity index (χ4n) is 8.44. The number of aromatic nitrogens is 2. The fourth-order valence-corrected chi connectivity index (χ4v) is 8.44. The van der Waals surface area contributed by atoms with E-state index in [2.05, 4.69) is 45.8 Å². The van der Waals surface area contributed by atoms with Gasteiger partial charge in [-0.15, -0.1) is 0 Å². The summed E-state index contributed by atoms with van der Waals surface area (Å²) in [5, 5.41) is 14.9. The largest absolute Gasteiger partial charge is 0.393 e. The van der Waals surface area contributed by atoms with Gasteiger partial charge in [0, 0.05) is 23.2 Å². The molecule has 0 aromatic carbocycles. The van der Waals surface area contributed by atoms with E-state index in [9.17, 15) is 9.90 Å². The molecule has 1 heterocycles. The average Bonchev–Trinajstić information content (AvgIpc) is 3.16. The molecule has 4 saturated carbocycles. The summed E-state index contributed by atoms with van der Waals surface area (Å²) in [7, 11) is 0. The molecule has 0 amide bonds. The van der Waals surface area contributed by atoms with Gasteiger partial charge in [0.05, 0.1) is 11.8 Å². The third kappa shape index (κ3) is 3.03. The van der Waals surface area contributed by atoms with Crippen molar-refractivity contribution < 1.29 is 9.90 Å². The summed E-state index contributed by atoms with van der Waals surface area (Å²) in [6, 6.07) is 0. The van der Waals surface area contributed by atoms with Crippen LogP contribution in [0.2, 0.25) is 0 Å². The van der Waals surface area contributed by atoms with Crippen LogP contribution in [0, 0.1) is 48.3 Å². The van der Waals surface area contributed by atoms with Crippen molar-refractivity contribution in [2.24, 2.45) is 34.5 Å². The van der Waals surface area contributed by atoms with Gasteiger partial charge in [0.1, 0.15) is 0 Å². The Labute approximate surface area is 187 Å². The molecule has 4 fully saturated rings. The van der Waals surface area contributed by atoms with Gasteiger partial charge in [-0.2, -0.15) is 5.10 Å². The van der Waals surface area contributed by atoms with Gasteiger partial charge in [-0.1, -0.05) is 13.8 Å². The van der Waals surface area contributed by atoms with E-state index in [0.717, 1.165) is 61.4 Å². The highest BCUT2D eigenvalue weighted by molar-refractivity contribution is 6.06. The Morgan fingerprint density at radius 2 is 1.90 bits per heavy atom. The lowest BCUT2D eigenvalue weighted by Gasteiger charge is -2.59. The van der Waals surface area contributed by atoms with Gasteiger partial charge >= 0.3 is 0 Å². The van der Waals surface area contributed by atoms with Crippen LogP contribution in [-0.2, 0) is 11.3 Å². The van der Waals surface area contributed by atoms with E-state index < -0.39 is 0 Å². The maximum absolute atomic E-state index is 13.7. The van der Waals surface area contributed by atoms with Gasteiger partial charge in [-0.3, -0.25) is 9.48 Å². The molecule has 31 heavy (non-hydrogen) atoms. The molecule has 0 spiro atoms. The third-order valence-corrected chi connectivity index (χ3v) is 10.3. The molecule has 1 aromatic heterocycles. The number of carbonyl (C=O) groups is 1. The van der Waals surface area contributed by atoms with Crippen LogP contribution < -0.4 is 0 Å². The summed E-state index contributed by atoms with van der Waals surface area (Å²) in [6.45, 7) is 12.0. The minimum atomic E-state index is -0.188. The number of hydrogen-bond acceptors (Lipinski definition) is 3. The van der Waals surface area contributed by atoms with E-state index in [4.69, 9.17) is 0 Å². The monoisotopic (exact) mass is 424 g/mol. The summed E-state index contributed by atoms with van der Waals surface area (Å²) >= 11 is 0. The molecule has 4 aliphatic carbocycles. The summed E-state index contributed by atoms with van der Waals surface area (Å²) < 4.78 is 2.05. The van der Waals surface area contributed by atoms with E-state index in [-0.39, 0.29) is 11.5 Å². The molecule has 170 valence electrons. The molecule has 1 aromatic rings. The summed E-state index contributed by atoms with van der Waals surface area (Å²) in [6.07, 6.45) is 10.8. The van der Waals surface area contributed by atoms with Crippen LogP contribution in [0.5, 0.6) is 0 Å². The zero-order chi connectivity index (χ0) is 22.1. The Hall–Kier alpha value is -1.42. The standard InChI is InChI=1S/C27H40N2O2/c1-6-29-17(3)22(16(2)28-29)13-18-14-24-21-8-7-19-15-20(30)9-11-26(19,4)23(21)10-12-27(24,5)25(18)31/h13,19-21,23-24,30H,6-12,14-15H2,1-5H3/b18-13-/t19-,20+,21-,23+,24+,26-,27+/m0/s1. The molecule has 4 nitrogen and oxygen atoms in total. The SMILES string of the molecule is CCn1nc(C)c(/C=C2/C[C@@H]3[C@H]4CC[C@H]5C[C@H](O)CC[C@]5(C)[C@@H]4CC[C@@]3(C)C2=O)c1C. The molecular weight excluding hydrogens is 384 g/mol. The fraction of sp³-hybridized carbons (Fsp3) is 0.778. The Morgan fingerprint density at radius 1 is 1.13 bits per heavy atom. The number of fused-ring (bicyclic) bond motifs is 5. The molecule has 0 bridgehead atoms. The Kier molecular flexibility index (Phi) is 5.04. The van der Waals surface area contributed by atoms with Crippen LogP contribution in [0.3, 0.4) is 0 Å². The molecule has 0 saturated heterocycles. The molecule has 0 radical (unpaired) electrons. The predicted molar refractivity (Wildman–Crippen MR) is 123 cm³/mol. The van der Waals surface area contributed by atoms with Crippen molar-refractivity contribution in [3.8, 4) is 0 Å². The second-order valence-electron chi connectivity index (χ2n) is 11.6. The number of rotatable bonds is 2. The maximum Gasteiger partial charge on any atom is 0.165 e. The van der Waals surface area contributed by atoms with E-state index in [1.54, 1.807) is 0 Å². The van der Waals surface area contributed by atoms with Crippen molar-refractivity contribution in [1.29, 1.82) is 0 Å². The Morgan fingerprint density at radius 3 is 2.61 bits per heavy atom. The molecule has 4 aliphatic rings. The van der Waals surface area contributed by atoms with Crippen LogP contribution in [0.15, 0.2) is 5.57 Å². The van der Waals surface area contributed by atoms with E-state index in [0.29, 0.717) is 29.0 Å².